The topological polar surface area (TPSA) is 48.4 Å². The second kappa shape index (κ2) is 7.60. The van der Waals surface area contributed by atoms with E-state index >= 15 is 0 Å². The molecule has 0 bridgehead atoms. The molecule has 5 heteroatoms. The molecule has 4 nitrogen and oxygen atoms in total. The first-order valence-electron chi connectivity index (χ1n) is 5.44. The Bertz CT molecular complexity index is 309. The van der Waals surface area contributed by atoms with E-state index < -0.39 is 0 Å². The van der Waals surface area contributed by atoms with E-state index in [-0.39, 0.29) is 6.61 Å². The maximum Gasteiger partial charge on any atom is 0.0558 e. The number of rotatable bonds is 7. The fraction of sp³-hybridized carbons (Fsp3) is 0.545. The summed E-state index contributed by atoms with van der Waals surface area (Å²) in [5.74, 6) is 0. The Morgan fingerprint density at radius 2 is 2.25 bits per heavy atom. The summed E-state index contributed by atoms with van der Waals surface area (Å²) in [6, 6.07) is 2.00. The van der Waals surface area contributed by atoms with E-state index in [1.165, 1.54) is 0 Å². The Morgan fingerprint density at radius 3 is 2.88 bits per heavy atom. The Balaban J connectivity index is 2.29. The number of nitrogens with one attached hydrogen (secondary N) is 1. The van der Waals surface area contributed by atoms with Crippen molar-refractivity contribution in [1.82, 2.24) is 9.88 Å². The zero-order chi connectivity index (χ0) is 11.8. The molecule has 0 aliphatic carbocycles. The van der Waals surface area contributed by atoms with Crippen molar-refractivity contribution in [3.63, 3.8) is 0 Å². The highest BCUT2D eigenvalue weighted by atomic mass is 79.9. The van der Waals surface area contributed by atoms with Crippen molar-refractivity contribution in [3.05, 3.63) is 22.9 Å². The van der Waals surface area contributed by atoms with Crippen molar-refractivity contribution in [1.29, 1.82) is 0 Å². The van der Waals surface area contributed by atoms with Gasteiger partial charge in [-0.2, -0.15) is 0 Å². The largest absolute Gasteiger partial charge is 0.395 e. The van der Waals surface area contributed by atoms with Crippen molar-refractivity contribution < 1.29 is 5.11 Å². The van der Waals surface area contributed by atoms with Gasteiger partial charge in [0.2, 0.25) is 0 Å². The van der Waals surface area contributed by atoms with E-state index in [1.54, 1.807) is 12.4 Å². The van der Waals surface area contributed by atoms with Crippen molar-refractivity contribution >= 4 is 21.6 Å². The Hall–Kier alpha value is -0.650. The normalized spacial score (nSPS) is 10.8. The second-order valence-electron chi connectivity index (χ2n) is 3.48. The zero-order valence-corrected chi connectivity index (χ0v) is 11.1. The molecule has 1 rings (SSSR count). The molecular formula is C11H18BrN3O. The molecule has 2 N–H and O–H groups in total. The zero-order valence-electron chi connectivity index (χ0n) is 9.49. The predicted molar refractivity (Wildman–Crippen MR) is 69.6 cm³/mol. The summed E-state index contributed by atoms with van der Waals surface area (Å²) < 4.78 is 0.972. The van der Waals surface area contributed by atoms with Crippen LogP contribution in [0.4, 0.5) is 5.69 Å². The summed E-state index contributed by atoms with van der Waals surface area (Å²) in [7, 11) is 0. The summed E-state index contributed by atoms with van der Waals surface area (Å²) in [4.78, 5) is 6.27. The third kappa shape index (κ3) is 4.92. The SMILES string of the molecule is CCN(CCO)CCNc1cncc(Br)c1. The van der Waals surface area contributed by atoms with Crippen LogP contribution in [-0.2, 0) is 0 Å². The van der Waals surface area contributed by atoms with Gasteiger partial charge in [-0.1, -0.05) is 6.92 Å². The van der Waals surface area contributed by atoms with Gasteiger partial charge >= 0.3 is 0 Å². The number of pyridine rings is 1. The van der Waals surface area contributed by atoms with Crippen LogP contribution >= 0.6 is 15.9 Å². The smallest absolute Gasteiger partial charge is 0.0558 e. The van der Waals surface area contributed by atoms with Crippen LogP contribution in [0.3, 0.4) is 0 Å². The molecule has 0 saturated heterocycles. The van der Waals surface area contributed by atoms with Gasteiger partial charge in [-0.15, -0.1) is 0 Å². The highest BCUT2D eigenvalue weighted by Gasteiger charge is 2.00. The van der Waals surface area contributed by atoms with Gasteiger partial charge in [0.1, 0.15) is 0 Å². The number of halogens is 1. The number of aliphatic hydroxyl groups is 1. The van der Waals surface area contributed by atoms with Crippen LogP contribution < -0.4 is 5.32 Å². The van der Waals surface area contributed by atoms with Crippen molar-refractivity contribution in [2.75, 3.05) is 38.1 Å². The molecule has 0 radical (unpaired) electrons. The summed E-state index contributed by atoms with van der Waals surface area (Å²) in [5.41, 5.74) is 1.01. The first-order valence-corrected chi connectivity index (χ1v) is 6.23. The highest BCUT2D eigenvalue weighted by molar-refractivity contribution is 9.10. The van der Waals surface area contributed by atoms with Crippen LogP contribution in [0.1, 0.15) is 6.92 Å². The molecule has 1 aromatic rings. The minimum Gasteiger partial charge on any atom is -0.395 e. The molecule has 1 heterocycles. The molecule has 0 unspecified atom stereocenters. The Labute approximate surface area is 105 Å². The van der Waals surface area contributed by atoms with E-state index in [2.05, 4.69) is 38.1 Å². The molecule has 16 heavy (non-hydrogen) atoms. The van der Waals surface area contributed by atoms with Crippen molar-refractivity contribution in [2.24, 2.45) is 0 Å². The number of aromatic nitrogens is 1. The molecule has 90 valence electrons. The quantitative estimate of drug-likeness (QED) is 0.799. The standard InChI is InChI=1S/C11H18BrN3O/c1-2-15(5-6-16)4-3-14-11-7-10(12)8-13-9-11/h7-9,14,16H,2-6H2,1H3. The molecule has 0 fully saturated rings. The number of nitrogens with zero attached hydrogens (tertiary/aromatic N) is 2. The number of aliphatic hydroxyl groups excluding tert-OH is 1. The van der Waals surface area contributed by atoms with Gasteiger partial charge in [0, 0.05) is 30.3 Å². The number of anilines is 1. The minimum atomic E-state index is 0.215. The fourth-order valence-electron chi connectivity index (χ4n) is 1.44. The lowest BCUT2D eigenvalue weighted by Crippen LogP contribution is -2.31. The lowest BCUT2D eigenvalue weighted by molar-refractivity contribution is 0.206. The van der Waals surface area contributed by atoms with Crippen LogP contribution in [0.25, 0.3) is 0 Å². The minimum absolute atomic E-state index is 0.215. The molecule has 0 aromatic carbocycles. The van der Waals surface area contributed by atoms with Gasteiger partial charge in [-0.05, 0) is 28.5 Å². The molecule has 0 spiro atoms. The van der Waals surface area contributed by atoms with E-state index in [4.69, 9.17) is 5.11 Å². The van der Waals surface area contributed by atoms with E-state index in [0.717, 1.165) is 36.3 Å². The monoisotopic (exact) mass is 287 g/mol. The Kier molecular flexibility index (Phi) is 6.37. The third-order valence-corrected chi connectivity index (χ3v) is 2.76. The molecule has 0 atom stereocenters. The average molecular weight is 288 g/mol. The summed E-state index contributed by atoms with van der Waals surface area (Å²) in [5, 5.41) is 12.1. The molecule has 0 amide bonds. The van der Waals surface area contributed by atoms with Crippen LogP contribution in [0.2, 0.25) is 0 Å². The van der Waals surface area contributed by atoms with Gasteiger partial charge < -0.3 is 10.4 Å². The maximum atomic E-state index is 8.84. The Morgan fingerprint density at radius 1 is 1.44 bits per heavy atom. The molecule has 0 saturated carbocycles. The lowest BCUT2D eigenvalue weighted by Gasteiger charge is -2.19. The number of likely N-dealkylation sites (N-methyl/N-ethyl adjacent to an activating group) is 1. The summed E-state index contributed by atoms with van der Waals surface area (Å²) in [6.45, 7) is 5.77. The van der Waals surface area contributed by atoms with Gasteiger partial charge in [-0.3, -0.25) is 9.88 Å². The molecular weight excluding hydrogens is 270 g/mol. The predicted octanol–water partition coefficient (Wildman–Crippen LogP) is 1.57. The fourth-order valence-corrected chi connectivity index (χ4v) is 1.80. The number of hydrogen-bond acceptors (Lipinski definition) is 4. The number of hydrogen-bond donors (Lipinski definition) is 2. The maximum absolute atomic E-state index is 8.84. The lowest BCUT2D eigenvalue weighted by atomic mass is 10.4. The highest BCUT2D eigenvalue weighted by Crippen LogP contribution is 2.13. The summed E-state index contributed by atoms with van der Waals surface area (Å²) in [6.07, 6.45) is 3.56. The van der Waals surface area contributed by atoms with E-state index in [1.807, 2.05) is 6.07 Å². The second-order valence-corrected chi connectivity index (χ2v) is 4.39. The van der Waals surface area contributed by atoms with E-state index in [9.17, 15) is 0 Å². The van der Waals surface area contributed by atoms with Gasteiger partial charge in [-0.25, -0.2) is 0 Å². The first-order chi connectivity index (χ1) is 7.76. The average Bonchev–Trinajstić information content (AvgIpc) is 2.28. The van der Waals surface area contributed by atoms with Crippen LogP contribution in [0.15, 0.2) is 22.9 Å². The van der Waals surface area contributed by atoms with Gasteiger partial charge in [0.25, 0.3) is 0 Å². The van der Waals surface area contributed by atoms with Crippen LogP contribution in [0, 0.1) is 0 Å². The van der Waals surface area contributed by atoms with Crippen molar-refractivity contribution in [3.8, 4) is 0 Å². The third-order valence-electron chi connectivity index (χ3n) is 2.33. The molecule has 0 aliphatic rings. The molecule has 1 aromatic heterocycles. The first kappa shape index (κ1) is 13.4. The van der Waals surface area contributed by atoms with Gasteiger partial charge in [0.15, 0.2) is 0 Å². The van der Waals surface area contributed by atoms with Crippen molar-refractivity contribution in [2.45, 2.75) is 6.92 Å². The van der Waals surface area contributed by atoms with Crippen LogP contribution in [-0.4, -0.2) is 47.8 Å². The molecule has 0 aliphatic heterocycles. The van der Waals surface area contributed by atoms with Crippen LogP contribution in [0.5, 0.6) is 0 Å². The van der Waals surface area contributed by atoms with Gasteiger partial charge in [0.05, 0.1) is 18.5 Å². The van der Waals surface area contributed by atoms with E-state index in [0.29, 0.717) is 0 Å². The summed E-state index contributed by atoms with van der Waals surface area (Å²) >= 11 is 3.38.